The Morgan fingerprint density at radius 3 is 2.60 bits per heavy atom. The van der Waals surface area contributed by atoms with Gasteiger partial charge in [0.2, 0.25) is 0 Å². The largest absolute Gasteiger partial charge is 0.450 e. The third-order valence-corrected chi connectivity index (χ3v) is 6.34. The van der Waals surface area contributed by atoms with Gasteiger partial charge in [-0.3, -0.25) is 0 Å². The first-order valence-corrected chi connectivity index (χ1v) is 12.2. The molecule has 1 aliphatic rings. The van der Waals surface area contributed by atoms with Crippen LogP contribution in [0.2, 0.25) is 0 Å². The fourth-order valence-electron chi connectivity index (χ4n) is 4.26. The van der Waals surface area contributed by atoms with Crippen molar-refractivity contribution in [2.75, 3.05) is 31.2 Å². The van der Waals surface area contributed by atoms with Crippen molar-refractivity contribution in [2.24, 2.45) is 5.92 Å². The molecule has 8 nitrogen and oxygen atoms in total. The first-order chi connectivity index (χ1) is 16.8. The number of hydrogen-bond donors (Lipinski definition) is 2. The van der Waals surface area contributed by atoms with E-state index in [1.807, 2.05) is 48.9 Å². The molecule has 0 spiro atoms. The topological polar surface area (TPSA) is 92.5 Å². The standard InChI is InChI=1S/C27H35N5O3/c1-19(2)13-16-35-26(34)28-14-15-31-17-20-9-5-6-10-21(20)25-24(22-11-7-8-12-23(22)31)29-30-32(25)27(3,4)18-33/h5-12,19,33H,13-18H2,1-4H3,(H,28,34). The lowest BCUT2D eigenvalue weighted by Crippen LogP contribution is -2.36. The summed E-state index contributed by atoms with van der Waals surface area (Å²) in [7, 11) is 0. The summed E-state index contributed by atoms with van der Waals surface area (Å²) in [6.07, 6.45) is 0.461. The third-order valence-electron chi connectivity index (χ3n) is 6.34. The number of benzene rings is 2. The van der Waals surface area contributed by atoms with Crippen LogP contribution in [0.25, 0.3) is 22.5 Å². The summed E-state index contributed by atoms with van der Waals surface area (Å²) < 4.78 is 7.13. The summed E-state index contributed by atoms with van der Waals surface area (Å²) in [6, 6.07) is 16.4. The van der Waals surface area contributed by atoms with Gasteiger partial charge in [0.15, 0.2) is 0 Å². The molecular weight excluding hydrogens is 442 g/mol. The first-order valence-electron chi connectivity index (χ1n) is 12.2. The van der Waals surface area contributed by atoms with Crippen LogP contribution >= 0.6 is 0 Å². The van der Waals surface area contributed by atoms with Gasteiger partial charge in [0.05, 0.1) is 24.4 Å². The smallest absolute Gasteiger partial charge is 0.407 e. The van der Waals surface area contributed by atoms with Crippen LogP contribution < -0.4 is 10.2 Å². The minimum Gasteiger partial charge on any atom is -0.450 e. The van der Waals surface area contributed by atoms with E-state index in [-0.39, 0.29) is 12.7 Å². The van der Waals surface area contributed by atoms with Gasteiger partial charge in [-0.25, -0.2) is 9.48 Å². The SMILES string of the molecule is CC(C)CCOC(=O)NCCN1Cc2ccccc2-c2c(nnn2C(C)(C)CO)-c2ccccc21. The molecule has 2 N–H and O–H groups in total. The number of aliphatic hydroxyl groups is 1. The number of nitrogens with one attached hydrogen (secondary N) is 1. The molecule has 8 heteroatoms. The van der Waals surface area contributed by atoms with Crippen molar-refractivity contribution >= 4 is 11.8 Å². The van der Waals surface area contributed by atoms with E-state index >= 15 is 0 Å². The van der Waals surface area contributed by atoms with E-state index in [1.54, 1.807) is 0 Å². The summed E-state index contributed by atoms with van der Waals surface area (Å²) in [5, 5.41) is 22.0. The summed E-state index contributed by atoms with van der Waals surface area (Å²) in [6.45, 7) is 10.2. The van der Waals surface area contributed by atoms with Crippen molar-refractivity contribution < 1.29 is 14.6 Å². The minimum atomic E-state index is -0.610. The lowest BCUT2D eigenvalue weighted by atomic mass is 9.94. The van der Waals surface area contributed by atoms with Crippen LogP contribution in [0.3, 0.4) is 0 Å². The van der Waals surface area contributed by atoms with Crippen molar-refractivity contribution in [3.63, 3.8) is 0 Å². The van der Waals surface area contributed by atoms with Crippen LogP contribution in [0, 0.1) is 5.92 Å². The molecule has 1 aliphatic heterocycles. The first kappa shape index (κ1) is 24.7. The number of carbonyl (C=O) groups excluding carboxylic acids is 1. The second-order valence-electron chi connectivity index (χ2n) is 10.0. The van der Waals surface area contributed by atoms with Crippen molar-refractivity contribution in [1.82, 2.24) is 20.3 Å². The van der Waals surface area contributed by atoms with Crippen LogP contribution in [-0.2, 0) is 16.8 Å². The lowest BCUT2D eigenvalue weighted by molar-refractivity contribution is 0.141. The molecule has 3 aromatic rings. The lowest BCUT2D eigenvalue weighted by Gasteiger charge is -2.31. The summed E-state index contributed by atoms with van der Waals surface area (Å²) in [5.41, 5.74) is 5.22. The number of fused-ring (bicyclic) bond motifs is 5. The Morgan fingerprint density at radius 2 is 1.86 bits per heavy atom. The Balaban J connectivity index is 1.66. The highest BCUT2D eigenvalue weighted by atomic mass is 16.5. The molecule has 1 amide bonds. The number of para-hydroxylation sites is 1. The van der Waals surface area contributed by atoms with E-state index in [0.717, 1.165) is 40.2 Å². The van der Waals surface area contributed by atoms with Gasteiger partial charge in [0.1, 0.15) is 5.69 Å². The number of nitrogens with zero attached hydrogens (tertiary/aromatic N) is 4. The fourth-order valence-corrected chi connectivity index (χ4v) is 4.26. The van der Waals surface area contributed by atoms with Gasteiger partial charge in [0, 0.05) is 36.4 Å². The zero-order chi connectivity index (χ0) is 25.0. The average molecular weight is 478 g/mol. The van der Waals surface area contributed by atoms with Gasteiger partial charge in [-0.2, -0.15) is 0 Å². The van der Waals surface area contributed by atoms with E-state index in [9.17, 15) is 9.90 Å². The van der Waals surface area contributed by atoms with Gasteiger partial charge in [-0.1, -0.05) is 61.5 Å². The highest BCUT2D eigenvalue weighted by Gasteiger charge is 2.31. The number of ether oxygens (including phenoxy) is 1. The van der Waals surface area contributed by atoms with Gasteiger partial charge < -0.3 is 20.1 Å². The number of rotatable bonds is 8. The molecule has 0 atom stereocenters. The maximum Gasteiger partial charge on any atom is 0.407 e. The molecular formula is C27H35N5O3. The molecule has 35 heavy (non-hydrogen) atoms. The number of anilines is 1. The van der Waals surface area contributed by atoms with Gasteiger partial charge in [-0.15, -0.1) is 5.10 Å². The van der Waals surface area contributed by atoms with Crippen LogP contribution in [0.4, 0.5) is 10.5 Å². The Morgan fingerprint density at radius 1 is 1.14 bits per heavy atom. The molecule has 2 aromatic carbocycles. The number of alkyl carbamates (subject to hydrolysis) is 1. The minimum absolute atomic E-state index is 0.0579. The number of aliphatic hydroxyl groups excluding tert-OH is 1. The third kappa shape index (κ3) is 5.32. The molecule has 0 saturated heterocycles. The zero-order valence-corrected chi connectivity index (χ0v) is 21.0. The predicted octanol–water partition coefficient (Wildman–Crippen LogP) is 4.43. The maximum absolute atomic E-state index is 12.1. The number of amides is 1. The maximum atomic E-state index is 12.1. The second-order valence-corrected chi connectivity index (χ2v) is 10.0. The van der Waals surface area contributed by atoms with E-state index < -0.39 is 5.54 Å². The molecule has 0 fully saturated rings. The van der Waals surface area contributed by atoms with Crippen molar-refractivity contribution in [1.29, 1.82) is 0 Å². The Kier molecular flexibility index (Phi) is 7.40. The molecule has 0 radical (unpaired) electrons. The van der Waals surface area contributed by atoms with E-state index in [4.69, 9.17) is 4.74 Å². The molecule has 2 heterocycles. The quantitative estimate of drug-likeness (QED) is 0.499. The van der Waals surface area contributed by atoms with Gasteiger partial charge in [-0.05, 0) is 37.8 Å². The highest BCUT2D eigenvalue weighted by molar-refractivity contribution is 5.88. The average Bonchev–Trinajstić information content (AvgIpc) is 3.28. The van der Waals surface area contributed by atoms with E-state index in [2.05, 4.69) is 52.6 Å². The van der Waals surface area contributed by atoms with Crippen molar-refractivity contribution in [3.05, 3.63) is 54.1 Å². The molecule has 4 rings (SSSR count). The summed E-state index contributed by atoms with van der Waals surface area (Å²) >= 11 is 0. The van der Waals surface area contributed by atoms with Crippen molar-refractivity contribution in [3.8, 4) is 22.5 Å². The summed E-state index contributed by atoms with van der Waals surface area (Å²) in [5.74, 6) is 0.492. The van der Waals surface area contributed by atoms with Crippen molar-refractivity contribution in [2.45, 2.75) is 46.2 Å². The number of aromatic nitrogens is 3. The summed E-state index contributed by atoms with van der Waals surface area (Å²) in [4.78, 5) is 14.4. The van der Waals surface area contributed by atoms with E-state index in [1.165, 1.54) is 0 Å². The molecule has 186 valence electrons. The van der Waals surface area contributed by atoms with Gasteiger partial charge in [0.25, 0.3) is 0 Å². The fraction of sp³-hybridized carbons (Fsp3) is 0.444. The van der Waals surface area contributed by atoms with Crippen LogP contribution in [0.1, 0.15) is 39.7 Å². The van der Waals surface area contributed by atoms with E-state index in [0.29, 0.717) is 32.2 Å². The monoisotopic (exact) mass is 477 g/mol. The molecule has 0 bridgehead atoms. The normalized spacial score (nSPS) is 12.9. The molecule has 0 saturated carbocycles. The van der Waals surface area contributed by atoms with Crippen LogP contribution in [0.5, 0.6) is 0 Å². The number of hydrogen-bond acceptors (Lipinski definition) is 6. The highest BCUT2D eigenvalue weighted by Crippen LogP contribution is 2.42. The van der Waals surface area contributed by atoms with Gasteiger partial charge >= 0.3 is 6.09 Å². The Labute approximate surface area is 206 Å². The zero-order valence-electron chi connectivity index (χ0n) is 21.0. The van der Waals surface area contributed by atoms with Crippen LogP contribution in [-0.4, -0.2) is 52.5 Å². The second kappa shape index (κ2) is 10.5. The Bertz CT molecular complexity index is 1170. The molecule has 0 unspecified atom stereocenters. The Hall–Kier alpha value is -3.39. The predicted molar refractivity (Wildman–Crippen MR) is 137 cm³/mol. The van der Waals surface area contributed by atoms with Crippen LogP contribution in [0.15, 0.2) is 48.5 Å². The number of carbonyl (C=O) groups is 1. The molecule has 1 aromatic heterocycles. The molecule has 0 aliphatic carbocycles.